The van der Waals surface area contributed by atoms with Gasteiger partial charge in [-0.05, 0) is 17.7 Å². The third kappa shape index (κ3) is 4.41. The zero-order valence-corrected chi connectivity index (χ0v) is 12.5. The van der Waals surface area contributed by atoms with Crippen LogP contribution in [0.4, 0.5) is 26.3 Å². The summed E-state index contributed by atoms with van der Waals surface area (Å²) >= 11 is 0. The van der Waals surface area contributed by atoms with E-state index in [9.17, 15) is 35.9 Å². The standard InChI is InChI=1S/C14H13F6N3O2/c15-13(16,17)7-1-6(2-10(24)23-8-4-22-5-8)11(14(18,19)20)9(3-7)12(21)25/h1,3,8,22H,2,4-5H2,(H2,21,25)(H,23,24). The summed E-state index contributed by atoms with van der Waals surface area (Å²) in [7, 11) is 0. The van der Waals surface area contributed by atoms with E-state index in [4.69, 9.17) is 5.73 Å². The molecular formula is C14H13F6N3O2. The van der Waals surface area contributed by atoms with Crippen molar-refractivity contribution in [2.24, 2.45) is 5.73 Å². The van der Waals surface area contributed by atoms with Crippen LogP contribution in [0.5, 0.6) is 0 Å². The third-order valence-electron chi connectivity index (χ3n) is 3.59. The molecule has 0 radical (unpaired) electrons. The highest BCUT2D eigenvalue weighted by Crippen LogP contribution is 2.39. The monoisotopic (exact) mass is 369 g/mol. The van der Waals surface area contributed by atoms with Gasteiger partial charge in [-0.25, -0.2) is 0 Å². The van der Waals surface area contributed by atoms with Crippen molar-refractivity contribution in [1.29, 1.82) is 0 Å². The molecule has 1 saturated heterocycles. The first-order valence-corrected chi connectivity index (χ1v) is 7.00. The minimum atomic E-state index is -5.15. The molecule has 1 fully saturated rings. The Morgan fingerprint density at radius 1 is 1.12 bits per heavy atom. The van der Waals surface area contributed by atoms with Crippen LogP contribution >= 0.6 is 0 Å². The maximum Gasteiger partial charge on any atom is 0.417 e. The van der Waals surface area contributed by atoms with Gasteiger partial charge in [0.2, 0.25) is 11.8 Å². The van der Waals surface area contributed by atoms with E-state index in [0.29, 0.717) is 13.1 Å². The number of amides is 2. The fourth-order valence-electron chi connectivity index (χ4n) is 2.38. The molecule has 2 amide bonds. The number of halogens is 6. The van der Waals surface area contributed by atoms with Crippen LogP contribution in [-0.4, -0.2) is 30.9 Å². The van der Waals surface area contributed by atoms with Crippen LogP contribution in [0, 0.1) is 0 Å². The van der Waals surface area contributed by atoms with Crippen molar-refractivity contribution >= 4 is 11.8 Å². The second-order valence-corrected chi connectivity index (χ2v) is 5.52. The minimum absolute atomic E-state index is 0.0441. The molecule has 1 aromatic rings. The van der Waals surface area contributed by atoms with Gasteiger partial charge in [0.1, 0.15) is 0 Å². The van der Waals surface area contributed by atoms with Crippen molar-refractivity contribution in [3.05, 3.63) is 34.4 Å². The second-order valence-electron chi connectivity index (χ2n) is 5.52. The molecule has 2 rings (SSSR count). The van der Waals surface area contributed by atoms with Gasteiger partial charge < -0.3 is 16.4 Å². The van der Waals surface area contributed by atoms with Crippen molar-refractivity contribution in [3.63, 3.8) is 0 Å². The molecule has 5 nitrogen and oxygen atoms in total. The summed E-state index contributed by atoms with van der Waals surface area (Å²) in [4.78, 5) is 23.1. The predicted octanol–water partition coefficient (Wildman–Crippen LogP) is 1.45. The Balaban J connectivity index is 2.50. The maximum absolute atomic E-state index is 13.3. The molecule has 0 atom stereocenters. The number of carbonyl (C=O) groups excluding carboxylic acids is 2. The smallest absolute Gasteiger partial charge is 0.366 e. The minimum Gasteiger partial charge on any atom is -0.366 e. The lowest BCUT2D eigenvalue weighted by Crippen LogP contribution is -2.57. The molecule has 0 bridgehead atoms. The number of rotatable bonds is 4. The van der Waals surface area contributed by atoms with Crippen LogP contribution in [-0.2, 0) is 23.6 Å². The fraction of sp³-hybridized carbons (Fsp3) is 0.429. The first-order valence-electron chi connectivity index (χ1n) is 7.00. The number of hydrogen-bond donors (Lipinski definition) is 3. The van der Waals surface area contributed by atoms with E-state index < -0.39 is 52.8 Å². The Kier molecular flexibility index (Phi) is 4.98. The van der Waals surface area contributed by atoms with Crippen LogP contribution in [0.15, 0.2) is 12.1 Å². The summed E-state index contributed by atoms with van der Waals surface area (Å²) in [6, 6.07) is -0.0424. The molecule has 4 N–H and O–H groups in total. The molecule has 25 heavy (non-hydrogen) atoms. The summed E-state index contributed by atoms with van der Waals surface area (Å²) in [6.45, 7) is 0.819. The Morgan fingerprint density at radius 3 is 2.12 bits per heavy atom. The van der Waals surface area contributed by atoms with E-state index in [1.54, 1.807) is 0 Å². The molecule has 1 heterocycles. The van der Waals surface area contributed by atoms with E-state index in [2.05, 4.69) is 10.6 Å². The average Bonchev–Trinajstić information content (AvgIpc) is 2.39. The van der Waals surface area contributed by atoms with Crippen molar-refractivity contribution in [3.8, 4) is 0 Å². The number of carbonyl (C=O) groups is 2. The zero-order chi connectivity index (χ0) is 19.0. The highest BCUT2D eigenvalue weighted by atomic mass is 19.4. The Bertz CT molecular complexity index is 695. The van der Waals surface area contributed by atoms with E-state index in [1.165, 1.54) is 0 Å². The van der Waals surface area contributed by atoms with Gasteiger partial charge in [-0.2, -0.15) is 26.3 Å². The topological polar surface area (TPSA) is 84.2 Å². The normalized spacial score (nSPS) is 15.6. The highest BCUT2D eigenvalue weighted by Gasteiger charge is 2.41. The van der Waals surface area contributed by atoms with Crippen LogP contribution in [0.25, 0.3) is 0 Å². The van der Waals surface area contributed by atoms with E-state index in [1.807, 2.05) is 0 Å². The molecule has 1 aliphatic rings. The lowest BCUT2D eigenvalue weighted by molar-refractivity contribution is -0.142. The van der Waals surface area contributed by atoms with Crippen LogP contribution in [0.3, 0.4) is 0 Å². The zero-order valence-electron chi connectivity index (χ0n) is 12.5. The van der Waals surface area contributed by atoms with Crippen molar-refractivity contribution in [1.82, 2.24) is 10.6 Å². The summed E-state index contributed by atoms with van der Waals surface area (Å²) < 4.78 is 78.5. The van der Waals surface area contributed by atoms with E-state index >= 15 is 0 Å². The molecule has 0 aliphatic carbocycles. The number of benzene rings is 1. The molecule has 11 heteroatoms. The largest absolute Gasteiger partial charge is 0.417 e. The van der Waals surface area contributed by atoms with Crippen molar-refractivity contribution < 1.29 is 35.9 Å². The fourth-order valence-corrected chi connectivity index (χ4v) is 2.38. The first-order chi connectivity index (χ1) is 11.4. The lowest BCUT2D eigenvalue weighted by Gasteiger charge is -2.28. The summed E-state index contributed by atoms with van der Waals surface area (Å²) in [5.74, 6) is -2.55. The van der Waals surface area contributed by atoms with Crippen molar-refractivity contribution in [2.45, 2.75) is 24.8 Å². The van der Waals surface area contributed by atoms with Crippen LogP contribution < -0.4 is 16.4 Å². The van der Waals surface area contributed by atoms with E-state index in [0.717, 1.165) is 0 Å². The van der Waals surface area contributed by atoms with Gasteiger partial charge in [-0.15, -0.1) is 0 Å². The SMILES string of the molecule is NC(=O)c1cc(C(F)(F)F)cc(CC(=O)NC2CNC2)c1C(F)(F)F. The Hall–Kier alpha value is -2.30. The summed E-state index contributed by atoms with van der Waals surface area (Å²) in [5.41, 5.74) is -0.575. The molecule has 0 aromatic heterocycles. The van der Waals surface area contributed by atoms with Crippen molar-refractivity contribution in [2.75, 3.05) is 13.1 Å². The van der Waals surface area contributed by atoms with Crippen LogP contribution in [0.1, 0.15) is 27.0 Å². The van der Waals surface area contributed by atoms with E-state index in [-0.39, 0.29) is 18.2 Å². The molecular weight excluding hydrogens is 356 g/mol. The molecule has 1 aromatic carbocycles. The Morgan fingerprint density at radius 2 is 1.72 bits per heavy atom. The van der Waals surface area contributed by atoms with Gasteiger partial charge in [0, 0.05) is 13.1 Å². The summed E-state index contributed by atoms with van der Waals surface area (Å²) in [6.07, 6.45) is -11.1. The maximum atomic E-state index is 13.3. The third-order valence-corrected chi connectivity index (χ3v) is 3.59. The lowest BCUT2D eigenvalue weighted by atomic mass is 9.94. The second kappa shape index (κ2) is 6.54. The quantitative estimate of drug-likeness (QED) is 0.703. The number of primary amides is 1. The number of nitrogens with two attached hydrogens (primary N) is 1. The molecule has 1 aliphatic heterocycles. The molecule has 0 unspecified atom stereocenters. The molecule has 138 valence electrons. The number of nitrogens with one attached hydrogen (secondary N) is 2. The molecule has 0 saturated carbocycles. The Labute approximate surface area is 137 Å². The first kappa shape index (κ1) is 19.0. The van der Waals surface area contributed by atoms with Crippen LogP contribution in [0.2, 0.25) is 0 Å². The van der Waals surface area contributed by atoms with Gasteiger partial charge >= 0.3 is 12.4 Å². The highest BCUT2D eigenvalue weighted by molar-refractivity contribution is 5.95. The average molecular weight is 369 g/mol. The molecule has 0 spiro atoms. The number of alkyl halides is 6. The van der Waals surface area contributed by atoms with Gasteiger partial charge in [0.25, 0.3) is 0 Å². The van der Waals surface area contributed by atoms with Gasteiger partial charge in [-0.3, -0.25) is 9.59 Å². The van der Waals surface area contributed by atoms with Gasteiger partial charge in [-0.1, -0.05) is 0 Å². The van der Waals surface area contributed by atoms with Gasteiger partial charge in [0.05, 0.1) is 29.2 Å². The number of hydrogen-bond acceptors (Lipinski definition) is 3. The van der Waals surface area contributed by atoms with Gasteiger partial charge in [0.15, 0.2) is 0 Å². The summed E-state index contributed by atoms with van der Waals surface area (Å²) in [5, 5.41) is 5.20. The predicted molar refractivity (Wildman–Crippen MR) is 73.5 cm³/mol.